The number of hydrogen-bond acceptors (Lipinski definition) is 5. The van der Waals surface area contributed by atoms with E-state index >= 15 is 0 Å². The predicted molar refractivity (Wildman–Crippen MR) is 282 cm³/mol. The minimum Gasteiger partial charge on any atom is -0.361 e. The molecule has 318 valence electrons. The Morgan fingerprint density at radius 3 is 2.07 bits per heavy atom. The van der Waals surface area contributed by atoms with Crippen molar-refractivity contribution in [3.05, 3.63) is 237 Å². The van der Waals surface area contributed by atoms with Gasteiger partial charge in [0.25, 0.3) is 0 Å². The third kappa shape index (κ3) is 6.78. The minimum atomic E-state index is -0.124. The van der Waals surface area contributed by atoms with Crippen molar-refractivity contribution in [2.75, 3.05) is 9.62 Å². The van der Waals surface area contributed by atoms with Gasteiger partial charge in [-0.25, -0.2) is 4.98 Å². The molecule has 7 heteroatoms. The van der Waals surface area contributed by atoms with E-state index in [1.54, 1.807) is 0 Å². The van der Waals surface area contributed by atoms with Crippen LogP contribution in [0, 0.1) is 0 Å². The van der Waals surface area contributed by atoms with Gasteiger partial charge in [0.1, 0.15) is 0 Å². The number of anilines is 4. The number of nitrogens with zero attached hydrogens (tertiary/aromatic N) is 6. The summed E-state index contributed by atoms with van der Waals surface area (Å²) in [5.41, 5.74) is 17.1. The normalized spacial score (nSPS) is 14.0. The molecule has 12 rings (SSSR count). The molecule has 0 saturated carbocycles. The first-order chi connectivity index (χ1) is 33.2. The minimum absolute atomic E-state index is 0.124. The first-order valence-electron chi connectivity index (χ1n) is 23.1. The highest BCUT2D eigenvalue weighted by atomic mass is 15.2. The van der Waals surface area contributed by atoms with Crippen molar-refractivity contribution in [2.24, 2.45) is 0 Å². The number of hydrogen-bond donors (Lipinski definition) is 0. The van der Waals surface area contributed by atoms with Crippen LogP contribution >= 0.6 is 0 Å². The van der Waals surface area contributed by atoms with E-state index in [0.29, 0.717) is 24.0 Å². The Labute approximate surface area is 391 Å². The Hall–Kier alpha value is -8.55. The average Bonchev–Trinajstić information content (AvgIpc) is 3.49. The van der Waals surface area contributed by atoms with Crippen molar-refractivity contribution >= 4 is 68.1 Å². The van der Waals surface area contributed by atoms with Crippen LogP contribution in [-0.4, -0.2) is 26.5 Å². The molecule has 1 aliphatic carbocycles. The lowest BCUT2D eigenvalue weighted by Gasteiger charge is -2.47. The van der Waals surface area contributed by atoms with Gasteiger partial charge in [-0.05, 0) is 101 Å². The van der Waals surface area contributed by atoms with Crippen molar-refractivity contribution < 1.29 is 0 Å². The molecule has 0 radical (unpaired) electrons. The molecule has 0 fully saturated rings. The van der Waals surface area contributed by atoms with Gasteiger partial charge in [0, 0.05) is 55.8 Å². The van der Waals surface area contributed by atoms with Gasteiger partial charge < -0.3 is 9.62 Å². The standard InChI is InChI=1S/C60H45BN6/c1-3-5-10-22-41(4-2)58-62-59(42-23-11-6-7-12-24-42)64-60(63-58)65-53-33-19-17-30-48(53)51-39-43(35-37-54(51)65)44-36-38-56-52(40-44)50-32-21-31-49-47-29-18-20-34-55(47)66(45-25-13-8-14-26-45)61(57(49)50)67(56)46-27-15-9-16-28-46/h4-23,25-40H,2-3,24H2,1H3/b10-5-,41-22+. The van der Waals surface area contributed by atoms with Gasteiger partial charge in [0.15, 0.2) is 11.6 Å². The highest BCUT2D eigenvalue weighted by molar-refractivity contribution is 6.86. The van der Waals surface area contributed by atoms with E-state index in [-0.39, 0.29) is 6.98 Å². The molecule has 0 bridgehead atoms. The lowest BCUT2D eigenvalue weighted by atomic mass is 9.53. The van der Waals surface area contributed by atoms with E-state index in [0.717, 1.165) is 67.6 Å². The maximum atomic E-state index is 5.22. The predicted octanol–water partition coefficient (Wildman–Crippen LogP) is 14.4. The molecule has 0 amide bonds. The number of allylic oxidation sites excluding steroid dienone is 11. The summed E-state index contributed by atoms with van der Waals surface area (Å²) in [5.74, 6) is 1.79. The lowest BCUT2D eigenvalue weighted by molar-refractivity contribution is 0.906. The van der Waals surface area contributed by atoms with Gasteiger partial charge in [-0.2, -0.15) is 9.97 Å². The smallest absolute Gasteiger partial charge is 0.361 e. The van der Waals surface area contributed by atoms with E-state index in [1.165, 1.54) is 33.4 Å². The van der Waals surface area contributed by atoms with Crippen LogP contribution in [0.2, 0.25) is 0 Å². The van der Waals surface area contributed by atoms with Crippen molar-refractivity contribution in [1.29, 1.82) is 0 Å². The maximum absolute atomic E-state index is 5.22. The van der Waals surface area contributed by atoms with Crippen LogP contribution in [0.25, 0.3) is 72.3 Å². The van der Waals surface area contributed by atoms with E-state index < -0.39 is 0 Å². The highest BCUT2D eigenvalue weighted by Crippen LogP contribution is 2.49. The van der Waals surface area contributed by atoms with Crippen LogP contribution in [0.1, 0.15) is 31.4 Å². The van der Waals surface area contributed by atoms with Gasteiger partial charge in [0.05, 0.1) is 11.0 Å². The molecule has 3 aliphatic rings. The fraction of sp³-hybridized carbons (Fsp3) is 0.0500. The molecule has 4 heterocycles. The van der Waals surface area contributed by atoms with Crippen LogP contribution in [0.5, 0.6) is 0 Å². The van der Waals surface area contributed by atoms with Crippen LogP contribution in [0.15, 0.2) is 225 Å². The average molecular weight is 861 g/mol. The van der Waals surface area contributed by atoms with E-state index in [2.05, 4.69) is 216 Å². The Balaban J connectivity index is 1.04. The summed E-state index contributed by atoms with van der Waals surface area (Å²) in [6.45, 7) is 6.15. The van der Waals surface area contributed by atoms with E-state index in [4.69, 9.17) is 15.0 Å². The topological polar surface area (TPSA) is 50.1 Å². The number of para-hydroxylation sites is 4. The second kappa shape index (κ2) is 16.8. The van der Waals surface area contributed by atoms with Gasteiger partial charge in [-0.1, -0.05) is 171 Å². The molecular weight excluding hydrogens is 816 g/mol. The Kier molecular flexibility index (Phi) is 10.0. The molecule has 67 heavy (non-hydrogen) atoms. The van der Waals surface area contributed by atoms with Crippen molar-refractivity contribution in [3.63, 3.8) is 0 Å². The number of aromatic nitrogens is 4. The summed E-state index contributed by atoms with van der Waals surface area (Å²) >= 11 is 0. The maximum Gasteiger partial charge on any atom is 0.421 e. The van der Waals surface area contributed by atoms with Crippen molar-refractivity contribution in [3.8, 4) is 39.3 Å². The largest absolute Gasteiger partial charge is 0.421 e. The van der Waals surface area contributed by atoms with Gasteiger partial charge in [0.2, 0.25) is 5.95 Å². The summed E-state index contributed by atoms with van der Waals surface area (Å²) < 4.78 is 2.19. The summed E-state index contributed by atoms with van der Waals surface area (Å²) in [7, 11) is 0. The van der Waals surface area contributed by atoms with Crippen LogP contribution < -0.4 is 15.1 Å². The second-order valence-corrected chi connectivity index (χ2v) is 17.0. The molecule has 0 spiro atoms. The van der Waals surface area contributed by atoms with E-state index in [9.17, 15) is 0 Å². The lowest BCUT2D eigenvalue weighted by Crippen LogP contribution is -2.61. The summed E-state index contributed by atoms with van der Waals surface area (Å²) in [6, 6.07) is 59.7. The molecule has 6 nitrogen and oxygen atoms in total. The van der Waals surface area contributed by atoms with Gasteiger partial charge >= 0.3 is 6.98 Å². The number of benzene rings is 7. The zero-order chi connectivity index (χ0) is 44.8. The third-order valence-corrected chi connectivity index (χ3v) is 13.2. The zero-order valence-electron chi connectivity index (χ0n) is 37.2. The van der Waals surface area contributed by atoms with Crippen molar-refractivity contribution in [2.45, 2.75) is 19.8 Å². The SMILES string of the molecule is C=C/C(=C\C=C/CC)c1nc(C2=CC=CC=CC2)nc(-n2c3ccccc3c3cc(-c4ccc5c(c4)-c4cccc6c4B(N(c4ccccc4)c4ccccc4-6)N5c4ccccc4)ccc32)n1. The molecule has 9 aromatic rings. The first-order valence-corrected chi connectivity index (χ1v) is 23.1. The second-order valence-electron chi connectivity index (χ2n) is 17.0. The van der Waals surface area contributed by atoms with E-state index in [1.807, 2.05) is 30.4 Å². The fourth-order valence-corrected chi connectivity index (χ4v) is 10.1. The first kappa shape index (κ1) is 40.0. The van der Waals surface area contributed by atoms with Crippen molar-refractivity contribution in [1.82, 2.24) is 19.5 Å². The Morgan fingerprint density at radius 1 is 0.612 bits per heavy atom. The third-order valence-electron chi connectivity index (χ3n) is 13.2. The number of rotatable bonds is 9. The van der Waals surface area contributed by atoms with Gasteiger partial charge in [-0.15, -0.1) is 0 Å². The molecule has 0 N–H and O–H groups in total. The summed E-state index contributed by atoms with van der Waals surface area (Å²) in [6.07, 6.45) is 20.0. The van der Waals surface area contributed by atoms with Crippen LogP contribution in [0.4, 0.5) is 22.7 Å². The number of fused-ring (bicyclic) bond motifs is 7. The highest BCUT2D eigenvalue weighted by Gasteiger charge is 2.46. The molecule has 2 aliphatic heterocycles. The van der Waals surface area contributed by atoms with Crippen LogP contribution in [0.3, 0.4) is 0 Å². The molecule has 7 aromatic carbocycles. The Bertz CT molecular complexity index is 3580. The molecule has 2 aromatic heterocycles. The zero-order valence-corrected chi connectivity index (χ0v) is 37.2. The molecule has 0 atom stereocenters. The monoisotopic (exact) mass is 860 g/mol. The quantitative estimate of drug-likeness (QED) is 0.107. The molecule has 0 unspecified atom stereocenters. The molecular formula is C60H45BN6. The Morgan fingerprint density at radius 2 is 1.28 bits per heavy atom. The van der Waals surface area contributed by atoms with Gasteiger partial charge in [-0.3, -0.25) is 4.57 Å². The molecule has 0 saturated heterocycles. The summed E-state index contributed by atoms with van der Waals surface area (Å²) in [5, 5.41) is 2.25. The summed E-state index contributed by atoms with van der Waals surface area (Å²) in [4.78, 5) is 20.5. The van der Waals surface area contributed by atoms with Crippen LogP contribution in [-0.2, 0) is 0 Å². The fourth-order valence-electron chi connectivity index (χ4n) is 10.1.